The largest absolute Gasteiger partial charge is 0.465 e. The molecule has 0 aromatic heterocycles. The van der Waals surface area contributed by atoms with Gasteiger partial charge in [-0.2, -0.15) is 0 Å². The van der Waals surface area contributed by atoms with Gasteiger partial charge in [0.1, 0.15) is 0 Å². The predicted octanol–water partition coefficient (Wildman–Crippen LogP) is 1.67. The van der Waals surface area contributed by atoms with Gasteiger partial charge >= 0.3 is 5.97 Å². The van der Waals surface area contributed by atoms with Gasteiger partial charge in [0.2, 0.25) is 5.91 Å². The maximum atomic E-state index is 11.2. The summed E-state index contributed by atoms with van der Waals surface area (Å²) in [4.78, 5) is 22.3. The number of rotatable bonds is 4. The second kappa shape index (κ2) is 6.48. The van der Waals surface area contributed by atoms with E-state index in [1.807, 2.05) is 0 Å². The van der Waals surface area contributed by atoms with Crippen molar-refractivity contribution in [2.45, 2.75) is 13.5 Å². The first-order valence-corrected chi connectivity index (χ1v) is 5.25. The van der Waals surface area contributed by atoms with Crippen molar-refractivity contribution in [3.8, 4) is 0 Å². The summed E-state index contributed by atoms with van der Waals surface area (Å²) in [5, 5.41) is 2.72. The van der Waals surface area contributed by atoms with Crippen LogP contribution in [0.1, 0.15) is 22.8 Å². The van der Waals surface area contributed by atoms with Crippen molar-refractivity contribution in [2.24, 2.45) is 0 Å². The standard InChI is InChI=1S/C13H15NO3/c1-3-4-12(15)14-9-10-5-7-11(8-6-10)13(16)17-2/h3-8H,9H2,1-2H3,(H,14,15). The lowest BCUT2D eigenvalue weighted by Crippen LogP contribution is -2.20. The van der Waals surface area contributed by atoms with Crippen LogP contribution < -0.4 is 5.32 Å². The number of carbonyl (C=O) groups excluding carboxylic acids is 2. The van der Waals surface area contributed by atoms with E-state index in [1.54, 1.807) is 37.3 Å². The van der Waals surface area contributed by atoms with Gasteiger partial charge in [0.15, 0.2) is 0 Å². The average Bonchev–Trinajstić information content (AvgIpc) is 2.36. The van der Waals surface area contributed by atoms with Gasteiger partial charge in [-0.05, 0) is 30.7 Å². The van der Waals surface area contributed by atoms with E-state index in [9.17, 15) is 9.59 Å². The number of hydrogen-bond acceptors (Lipinski definition) is 3. The molecule has 1 N–H and O–H groups in total. The van der Waals surface area contributed by atoms with Gasteiger partial charge in [0, 0.05) is 6.54 Å². The Balaban J connectivity index is 2.57. The van der Waals surface area contributed by atoms with Crippen LogP contribution in [-0.2, 0) is 16.1 Å². The zero-order valence-corrected chi connectivity index (χ0v) is 9.90. The second-order valence-corrected chi connectivity index (χ2v) is 3.41. The van der Waals surface area contributed by atoms with E-state index in [1.165, 1.54) is 13.2 Å². The molecule has 0 fully saturated rings. The van der Waals surface area contributed by atoms with Crippen molar-refractivity contribution in [1.29, 1.82) is 0 Å². The Morgan fingerprint density at radius 3 is 2.47 bits per heavy atom. The zero-order chi connectivity index (χ0) is 12.7. The highest BCUT2D eigenvalue weighted by Crippen LogP contribution is 2.05. The molecule has 1 amide bonds. The van der Waals surface area contributed by atoms with Crippen molar-refractivity contribution in [1.82, 2.24) is 5.32 Å². The minimum Gasteiger partial charge on any atom is -0.465 e. The van der Waals surface area contributed by atoms with E-state index in [0.29, 0.717) is 12.1 Å². The van der Waals surface area contributed by atoms with Gasteiger partial charge < -0.3 is 10.1 Å². The number of ether oxygens (including phenoxy) is 1. The lowest BCUT2D eigenvalue weighted by Gasteiger charge is -2.04. The first-order chi connectivity index (χ1) is 8.17. The van der Waals surface area contributed by atoms with Crippen molar-refractivity contribution in [3.63, 3.8) is 0 Å². The molecule has 0 aliphatic heterocycles. The van der Waals surface area contributed by atoms with E-state index in [0.717, 1.165) is 5.56 Å². The number of carbonyl (C=O) groups is 2. The van der Waals surface area contributed by atoms with Gasteiger partial charge in [-0.25, -0.2) is 4.79 Å². The van der Waals surface area contributed by atoms with Crippen LogP contribution in [0, 0.1) is 0 Å². The van der Waals surface area contributed by atoms with Crippen molar-refractivity contribution < 1.29 is 14.3 Å². The molecule has 0 aliphatic rings. The summed E-state index contributed by atoms with van der Waals surface area (Å²) >= 11 is 0. The minimum absolute atomic E-state index is 0.135. The fourth-order valence-electron chi connectivity index (χ4n) is 1.28. The van der Waals surface area contributed by atoms with Crippen LogP contribution in [0.2, 0.25) is 0 Å². The van der Waals surface area contributed by atoms with Gasteiger partial charge in [-0.15, -0.1) is 0 Å². The summed E-state index contributed by atoms with van der Waals surface area (Å²) in [6.45, 7) is 2.22. The molecule has 0 aliphatic carbocycles. The Morgan fingerprint density at radius 1 is 1.29 bits per heavy atom. The van der Waals surface area contributed by atoms with Crippen molar-refractivity contribution >= 4 is 11.9 Å². The third-order valence-electron chi connectivity index (χ3n) is 2.16. The summed E-state index contributed by atoms with van der Waals surface area (Å²) in [6, 6.07) is 6.90. The molecule has 90 valence electrons. The second-order valence-electron chi connectivity index (χ2n) is 3.41. The Morgan fingerprint density at radius 2 is 1.94 bits per heavy atom. The third-order valence-corrected chi connectivity index (χ3v) is 2.16. The number of esters is 1. The first-order valence-electron chi connectivity index (χ1n) is 5.25. The Hall–Kier alpha value is -2.10. The number of methoxy groups -OCH3 is 1. The molecular weight excluding hydrogens is 218 g/mol. The average molecular weight is 233 g/mol. The van der Waals surface area contributed by atoms with Gasteiger partial charge in [0.05, 0.1) is 12.7 Å². The molecule has 4 nitrogen and oxygen atoms in total. The van der Waals surface area contributed by atoms with Crippen LogP contribution in [0.3, 0.4) is 0 Å². The minimum atomic E-state index is -0.366. The molecule has 0 saturated carbocycles. The summed E-state index contributed by atoms with van der Waals surface area (Å²) in [5.41, 5.74) is 1.42. The van der Waals surface area contributed by atoms with E-state index in [4.69, 9.17) is 0 Å². The Bertz CT molecular complexity index is 421. The summed E-state index contributed by atoms with van der Waals surface area (Å²) in [5.74, 6) is -0.501. The first kappa shape index (κ1) is 13.0. The van der Waals surface area contributed by atoms with Gasteiger partial charge in [0.25, 0.3) is 0 Å². The highest BCUT2D eigenvalue weighted by atomic mass is 16.5. The van der Waals surface area contributed by atoms with E-state index in [2.05, 4.69) is 10.1 Å². The molecule has 0 atom stereocenters. The summed E-state index contributed by atoms with van der Waals surface area (Å²) < 4.78 is 4.59. The maximum Gasteiger partial charge on any atom is 0.337 e. The highest BCUT2D eigenvalue weighted by molar-refractivity contribution is 5.89. The van der Waals surface area contributed by atoms with Crippen molar-refractivity contribution in [2.75, 3.05) is 7.11 Å². The number of amides is 1. The van der Waals surface area contributed by atoms with Gasteiger partial charge in [-0.1, -0.05) is 18.2 Å². The molecule has 4 heteroatoms. The van der Waals surface area contributed by atoms with Crippen LogP contribution >= 0.6 is 0 Å². The fourth-order valence-corrected chi connectivity index (χ4v) is 1.28. The molecule has 1 aromatic rings. The molecule has 1 aromatic carbocycles. The molecule has 0 unspecified atom stereocenters. The quantitative estimate of drug-likeness (QED) is 0.635. The SMILES string of the molecule is CC=CC(=O)NCc1ccc(C(=O)OC)cc1. The fraction of sp³-hybridized carbons (Fsp3) is 0.231. The topological polar surface area (TPSA) is 55.4 Å². The van der Waals surface area contributed by atoms with Crippen LogP contribution in [0.4, 0.5) is 0 Å². The summed E-state index contributed by atoms with van der Waals surface area (Å²) in [7, 11) is 1.34. The van der Waals surface area contributed by atoms with E-state index >= 15 is 0 Å². The summed E-state index contributed by atoms with van der Waals surface area (Å²) in [6.07, 6.45) is 3.14. The molecule has 0 spiro atoms. The lowest BCUT2D eigenvalue weighted by molar-refractivity contribution is -0.116. The van der Waals surface area contributed by atoms with Crippen molar-refractivity contribution in [3.05, 3.63) is 47.5 Å². The molecule has 0 heterocycles. The third kappa shape index (κ3) is 4.10. The van der Waals surface area contributed by atoms with Crippen LogP contribution in [0.15, 0.2) is 36.4 Å². The van der Waals surface area contributed by atoms with Crippen LogP contribution in [0.25, 0.3) is 0 Å². The molecule has 1 rings (SSSR count). The number of benzene rings is 1. The highest BCUT2D eigenvalue weighted by Gasteiger charge is 2.04. The zero-order valence-electron chi connectivity index (χ0n) is 9.90. The monoisotopic (exact) mass is 233 g/mol. The molecule has 17 heavy (non-hydrogen) atoms. The predicted molar refractivity (Wildman–Crippen MR) is 64.4 cm³/mol. The molecule has 0 saturated heterocycles. The van der Waals surface area contributed by atoms with Crippen LogP contribution in [-0.4, -0.2) is 19.0 Å². The number of allylic oxidation sites excluding steroid dienone is 1. The molecule has 0 bridgehead atoms. The molecular formula is C13H15NO3. The van der Waals surface area contributed by atoms with Crippen LogP contribution in [0.5, 0.6) is 0 Å². The van der Waals surface area contributed by atoms with Gasteiger partial charge in [-0.3, -0.25) is 4.79 Å². The maximum absolute atomic E-state index is 11.2. The van der Waals surface area contributed by atoms with E-state index < -0.39 is 0 Å². The number of nitrogens with one attached hydrogen (secondary N) is 1. The molecule has 0 radical (unpaired) electrons. The Labute approximate surface area is 100 Å². The normalized spacial score (nSPS) is 10.2. The smallest absolute Gasteiger partial charge is 0.337 e. The van der Waals surface area contributed by atoms with E-state index in [-0.39, 0.29) is 11.9 Å². The lowest BCUT2D eigenvalue weighted by atomic mass is 10.1. The Kier molecular flexibility index (Phi) is 4.94. The number of hydrogen-bond donors (Lipinski definition) is 1.